The van der Waals surface area contributed by atoms with Gasteiger partial charge >= 0.3 is 5.97 Å². The maximum absolute atomic E-state index is 12.5. The zero-order chi connectivity index (χ0) is 25.0. The van der Waals surface area contributed by atoms with Crippen molar-refractivity contribution in [1.82, 2.24) is 5.43 Å². The molecule has 0 atom stereocenters. The molecule has 0 radical (unpaired) electrons. The number of hydrazone groups is 1. The topological polar surface area (TPSA) is 95.5 Å². The SMILES string of the molecule is CCCOc1ccc(C(=O)Oc2ccc(C=NNC(=O)COc3ccccc3C)cc2OC)cc1. The molecule has 0 aliphatic carbocycles. The number of benzene rings is 3. The molecule has 3 aromatic carbocycles. The smallest absolute Gasteiger partial charge is 0.343 e. The summed E-state index contributed by atoms with van der Waals surface area (Å²) in [6, 6.07) is 19.1. The summed E-state index contributed by atoms with van der Waals surface area (Å²) in [7, 11) is 1.47. The van der Waals surface area contributed by atoms with E-state index in [9.17, 15) is 9.59 Å². The van der Waals surface area contributed by atoms with E-state index in [0.29, 0.717) is 35.0 Å². The molecule has 1 amide bonds. The average Bonchev–Trinajstić information content (AvgIpc) is 2.88. The fourth-order valence-corrected chi connectivity index (χ4v) is 2.99. The normalized spacial score (nSPS) is 10.6. The third-order valence-corrected chi connectivity index (χ3v) is 4.81. The van der Waals surface area contributed by atoms with Crippen molar-refractivity contribution in [2.45, 2.75) is 20.3 Å². The van der Waals surface area contributed by atoms with Crippen LogP contribution in [0, 0.1) is 6.92 Å². The number of carbonyl (C=O) groups excluding carboxylic acids is 2. The van der Waals surface area contributed by atoms with E-state index >= 15 is 0 Å². The van der Waals surface area contributed by atoms with Crippen LogP contribution in [-0.2, 0) is 4.79 Å². The van der Waals surface area contributed by atoms with E-state index in [1.165, 1.54) is 13.3 Å². The second-order valence-corrected chi connectivity index (χ2v) is 7.52. The van der Waals surface area contributed by atoms with E-state index in [2.05, 4.69) is 10.5 Å². The largest absolute Gasteiger partial charge is 0.494 e. The molecule has 0 unspecified atom stereocenters. The molecular weight excluding hydrogens is 448 g/mol. The third kappa shape index (κ3) is 7.60. The summed E-state index contributed by atoms with van der Waals surface area (Å²) in [6.45, 7) is 4.38. The third-order valence-electron chi connectivity index (χ3n) is 4.81. The molecule has 0 aromatic heterocycles. The van der Waals surface area contributed by atoms with Gasteiger partial charge in [0.05, 0.1) is 25.5 Å². The number of nitrogens with one attached hydrogen (secondary N) is 1. The van der Waals surface area contributed by atoms with Crippen LogP contribution >= 0.6 is 0 Å². The number of nitrogens with zero attached hydrogens (tertiary/aromatic N) is 1. The molecule has 3 aromatic rings. The Hall–Kier alpha value is -4.33. The van der Waals surface area contributed by atoms with Crippen LogP contribution in [0.5, 0.6) is 23.0 Å². The molecule has 1 N–H and O–H groups in total. The van der Waals surface area contributed by atoms with Gasteiger partial charge < -0.3 is 18.9 Å². The fourth-order valence-electron chi connectivity index (χ4n) is 2.99. The van der Waals surface area contributed by atoms with Crippen molar-refractivity contribution in [3.63, 3.8) is 0 Å². The van der Waals surface area contributed by atoms with Gasteiger partial charge in [-0.15, -0.1) is 0 Å². The number of aryl methyl sites for hydroxylation is 1. The Morgan fingerprint density at radius 1 is 0.943 bits per heavy atom. The van der Waals surface area contributed by atoms with Gasteiger partial charge in [0.15, 0.2) is 18.1 Å². The lowest BCUT2D eigenvalue weighted by molar-refractivity contribution is -0.123. The van der Waals surface area contributed by atoms with E-state index < -0.39 is 11.9 Å². The molecule has 0 aliphatic heterocycles. The summed E-state index contributed by atoms with van der Waals surface area (Å²) in [4.78, 5) is 24.5. The van der Waals surface area contributed by atoms with Crippen molar-refractivity contribution in [1.29, 1.82) is 0 Å². The van der Waals surface area contributed by atoms with Gasteiger partial charge in [-0.1, -0.05) is 25.1 Å². The monoisotopic (exact) mass is 476 g/mol. The number of hydrogen-bond donors (Lipinski definition) is 1. The van der Waals surface area contributed by atoms with Crippen molar-refractivity contribution in [2.24, 2.45) is 5.10 Å². The van der Waals surface area contributed by atoms with Crippen molar-refractivity contribution in [2.75, 3.05) is 20.3 Å². The number of esters is 1. The predicted molar refractivity (Wildman–Crippen MR) is 133 cm³/mol. The molecular formula is C27H28N2O6. The van der Waals surface area contributed by atoms with Crippen LogP contribution in [-0.4, -0.2) is 38.4 Å². The maximum atomic E-state index is 12.5. The summed E-state index contributed by atoms with van der Waals surface area (Å²) >= 11 is 0. The van der Waals surface area contributed by atoms with Crippen molar-refractivity contribution < 1.29 is 28.5 Å². The Kier molecular flexibility index (Phi) is 9.24. The van der Waals surface area contributed by atoms with Crippen LogP contribution < -0.4 is 24.4 Å². The van der Waals surface area contributed by atoms with Crippen LogP contribution in [0.4, 0.5) is 0 Å². The molecule has 0 saturated carbocycles. The Balaban J connectivity index is 1.55. The van der Waals surface area contributed by atoms with Crippen LogP contribution in [0.2, 0.25) is 0 Å². The van der Waals surface area contributed by atoms with Crippen molar-refractivity contribution in [3.8, 4) is 23.0 Å². The minimum absolute atomic E-state index is 0.161. The highest BCUT2D eigenvalue weighted by atomic mass is 16.6. The first-order valence-electron chi connectivity index (χ1n) is 11.1. The average molecular weight is 477 g/mol. The Bertz CT molecular complexity index is 1170. The summed E-state index contributed by atoms with van der Waals surface area (Å²) in [5.41, 5.74) is 4.38. The van der Waals surface area contributed by atoms with Gasteiger partial charge in [-0.25, -0.2) is 10.2 Å². The Morgan fingerprint density at radius 3 is 2.43 bits per heavy atom. The summed E-state index contributed by atoms with van der Waals surface area (Å²) in [6.07, 6.45) is 2.36. The highest BCUT2D eigenvalue weighted by molar-refractivity contribution is 5.92. The van der Waals surface area contributed by atoms with E-state index in [4.69, 9.17) is 18.9 Å². The summed E-state index contributed by atoms with van der Waals surface area (Å²) in [5, 5.41) is 3.94. The van der Waals surface area contributed by atoms with Gasteiger partial charge in [0.25, 0.3) is 5.91 Å². The molecule has 8 heteroatoms. The first-order chi connectivity index (χ1) is 17.0. The van der Waals surface area contributed by atoms with Gasteiger partial charge in [0.1, 0.15) is 11.5 Å². The summed E-state index contributed by atoms with van der Waals surface area (Å²) < 4.78 is 21.9. The van der Waals surface area contributed by atoms with Crippen LogP contribution in [0.3, 0.4) is 0 Å². The fraction of sp³-hybridized carbons (Fsp3) is 0.222. The van der Waals surface area contributed by atoms with E-state index in [-0.39, 0.29) is 12.4 Å². The van der Waals surface area contributed by atoms with E-state index in [1.54, 1.807) is 48.5 Å². The molecule has 0 heterocycles. The van der Waals surface area contributed by atoms with Crippen LogP contribution in [0.1, 0.15) is 34.8 Å². The lowest BCUT2D eigenvalue weighted by atomic mass is 10.2. The molecule has 0 saturated heterocycles. The number of para-hydroxylation sites is 1. The zero-order valence-corrected chi connectivity index (χ0v) is 19.9. The number of hydrogen-bond acceptors (Lipinski definition) is 7. The number of ether oxygens (including phenoxy) is 4. The first-order valence-corrected chi connectivity index (χ1v) is 11.1. The van der Waals surface area contributed by atoms with Gasteiger partial charge in [0.2, 0.25) is 0 Å². The zero-order valence-electron chi connectivity index (χ0n) is 19.9. The first kappa shape index (κ1) is 25.3. The molecule has 35 heavy (non-hydrogen) atoms. The molecule has 8 nitrogen and oxygen atoms in total. The molecule has 0 fully saturated rings. The lowest BCUT2D eigenvalue weighted by Crippen LogP contribution is -2.24. The highest BCUT2D eigenvalue weighted by Gasteiger charge is 2.13. The molecule has 3 rings (SSSR count). The number of methoxy groups -OCH3 is 1. The van der Waals surface area contributed by atoms with E-state index in [0.717, 1.165) is 12.0 Å². The van der Waals surface area contributed by atoms with Crippen molar-refractivity contribution >= 4 is 18.1 Å². The van der Waals surface area contributed by atoms with Gasteiger partial charge in [-0.3, -0.25) is 4.79 Å². The van der Waals surface area contributed by atoms with Gasteiger partial charge in [0, 0.05) is 0 Å². The Labute approximate surface area is 204 Å². The van der Waals surface area contributed by atoms with Crippen LogP contribution in [0.25, 0.3) is 0 Å². The van der Waals surface area contributed by atoms with Gasteiger partial charge in [-0.05, 0) is 73.0 Å². The standard InChI is InChI=1S/C27H28N2O6/c1-4-15-33-22-12-10-21(11-13-22)27(31)35-24-14-9-20(16-25(24)32-3)17-28-29-26(30)18-34-23-8-6-5-7-19(23)2/h5-14,16-17H,4,15,18H2,1-3H3,(H,29,30). The molecule has 0 spiro atoms. The van der Waals surface area contributed by atoms with Crippen LogP contribution in [0.15, 0.2) is 71.8 Å². The second-order valence-electron chi connectivity index (χ2n) is 7.52. The summed E-state index contributed by atoms with van der Waals surface area (Å²) in [5.74, 6) is 1.03. The number of rotatable bonds is 11. The molecule has 182 valence electrons. The van der Waals surface area contributed by atoms with E-state index in [1.807, 2.05) is 32.0 Å². The minimum atomic E-state index is -0.521. The maximum Gasteiger partial charge on any atom is 0.343 e. The Morgan fingerprint density at radius 2 is 1.71 bits per heavy atom. The van der Waals surface area contributed by atoms with Crippen molar-refractivity contribution in [3.05, 3.63) is 83.4 Å². The van der Waals surface area contributed by atoms with Gasteiger partial charge in [-0.2, -0.15) is 5.10 Å². The lowest BCUT2D eigenvalue weighted by Gasteiger charge is -2.10. The second kappa shape index (κ2) is 12.8. The molecule has 0 bridgehead atoms. The molecule has 0 aliphatic rings. The number of amides is 1. The minimum Gasteiger partial charge on any atom is -0.494 e. The quantitative estimate of drug-likeness (QED) is 0.189. The number of carbonyl (C=O) groups is 2. The highest BCUT2D eigenvalue weighted by Crippen LogP contribution is 2.28. The predicted octanol–water partition coefficient (Wildman–Crippen LogP) is 4.54.